The van der Waals surface area contributed by atoms with Crippen molar-refractivity contribution < 1.29 is 5.21 Å². The van der Waals surface area contributed by atoms with Gasteiger partial charge in [-0.1, -0.05) is 25.9 Å². The topological polar surface area (TPSA) is 102 Å². The van der Waals surface area contributed by atoms with Crippen molar-refractivity contribution in [1.29, 1.82) is 0 Å². The van der Waals surface area contributed by atoms with E-state index in [0.29, 0.717) is 6.54 Å². The smallest absolute Gasteiger partial charge is 0.219 e. The lowest BCUT2D eigenvalue weighted by Crippen LogP contribution is -2.16. The minimum absolute atomic E-state index is 0.0379. The summed E-state index contributed by atoms with van der Waals surface area (Å²) < 4.78 is 1.61. The number of aromatic nitrogens is 4. The van der Waals surface area contributed by atoms with Gasteiger partial charge in [-0.05, 0) is 0 Å². The zero-order valence-electron chi connectivity index (χ0n) is 11.0. The van der Waals surface area contributed by atoms with Crippen LogP contribution in [0.2, 0.25) is 0 Å². The van der Waals surface area contributed by atoms with Gasteiger partial charge in [0.05, 0.1) is 12.2 Å². The molecular formula is C11H16N6OS. The van der Waals surface area contributed by atoms with Crippen LogP contribution in [0.3, 0.4) is 0 Å². The number of hydrogen-bond donors (Lipinski definition) is 2. The Bertz CT molecular complexity index is 594. The second kappa shape index (κ2) is 4.96. The van der Waals surface area contributed by atoms with Crippen molar-refractivity contribution >= 4 is 17.2 Å². The van der Waals surface area contributed by atoms with Crippen molar-refractivity contribution in [3.63, 3.8) is 0 Å². The molecule has 0 saturated heterocycles. The van der Waals surface area contributed by atoms with Gasteiger partial charge in [0.15, 0.2) is 0 Å². The molecule has 0 saturated carbocycles. The molecule has 0 unspecified atom stereocenters. The molecule has 7 nitrogen and oxygen atoms in total. The second-order valence-corrected chi connectivity index (χ2v) is 6.07. The summed E-state index contributed by atoms with van der Waals surface area (Å²) in [6.07, 6.45) is 1.53. The first-order valence-corrected chi connectivity index (χ1v) is 6.60. The van der Waals surface area contributed by atoms with Gasteiger partial charge in [0.2, 0.25) is 11.7 Å². The largest absolute Gasteiger partial charge is 0.409 e. The molecule has 8 heteroatoms. The molecule has 19 heavy (non-hydrogen) atoms. The summed E-state index contributed by atoms with van der Waals surface area (Å²) in [5, 5.41) is 18.5. The Morgan fingerprint density at radius 3 is 2.84 bits per heavy atom. The highest BCUT2D eigenvalue weighted by Gasteiger charge is 2.17. The molecular weight excluding hydrogens is 264 g/mol. The Kier molecular flexibility index (Phi) is 3.52. The molecule has 0 radical (unpaired) electrons. The zero-order valence-corrected chi connectivity index (χ0v) is 11.8. The third-order valence-corrected chi connectivity index (χ3v) is 3.32. The van der Waals surface area contributed by atoms with Crippen LogP contribution < -0.4 is 5.73 Å². The highest BCUT2D eigenvalue weighted by molar-refractivity contribution is 7.09. The quantitative estimate of drug-likeness (QED) is 0.380. The van der Waals surface area contributed by atoms with Crippen LogP contribution in [-0.4, -0.2) is 30.8 Å². The Labute approximate surface area is 114 Å². The van der Waals surface area contributed by atoms with Gasteiger partial charge in [0.1, 0.15) is 11.3 Å². The molecule has 0 aliphatic carbocycles. The van der Waals surface area contributed by atoms with Gasteiger partial charge in [-0.25, -0.2) is 14.6 Å². The maximum atomic E-state index is 8.54. The molecule has 0 aliphatic rings. The lowest BCUT2D eigenvalue weighted by molar-refractivity contribution is 0.318. The van der Waals surface area contributed by atoms with E-state index in [1.54, 1.807) is 16.0 Å². The fourth-order valence-electron chi connectivity index (χ4n) is 1.40. The van der Waals surface area contributed by atoms with Gasteiger partial charge >= 0.3 is 0 Å². The van der Waals surface area contributed by atoms with Gasteiger partial charge in [-0.3, -0.25) is 0 Å². The SMILES string of the molecule is CC(C)(C)c1csc(Cn2cnc(C(N)=NO)n2)n1. The lowest BCUT2D eigenvalue weighted by atomic mass is 9.93. The van der Waals surface area contributed by atoms with Gasteiger partial charge in [-0.2, -0.15) is 0 Å². The van der Waals surface area contributed by atoms with Crippen LogP contribution in [-0.2, 0) is 12.0 Å². The van der Waals surface area contributed by atoms with E-state index in [1.165, 1.54) is 6.33 Å². The third-order valence-electron chi connectivity index (χ3n) is 2.49. The average molecular weight is 280 g/mol. The highest BCUT2D eigenvalue weighted by Crippen LogP contribution is 2.24. The monoisotopic (exact) mass is 280 g/mol. The molecule has 0 atom stereocenters. The maximum absolute atomic E-state index is 8.54. The summed E-state index contributed by atoms with van der Waals surface area (Å²) in [5.41, 5.74) is 6.51. The Hall–Kier alpha value is -1.96. The van der Waals surface area contributed by atoms with Crippen LogP contribution in [0.1, 0.15) is 37.3 Å². The fourth-order valence-corrected chi connectivity index (χ4v) is 2.41. The van der Waals surface area contributed by atoms with E-state index in [9.17, 15) is 0 Å². The van der Waals surface area contributed by atoms with E-state index in [2.05, 4.69) is 46.4 Å². The standard InChI is InChI=1S/C11H16N6OS/c1-11(2,3)7-5-19-8(14-7)4-17-6-13-10(15-17)9(12)16-18/h5-6,18H,4H2,1-3H3,(H2,12,16). The van der Waals surface area contributed by atoms with E-state index in [-0.39, 0.29) is 17.1 Å². The molecule has 102 valence electrons. The van der Waals surface area contributed by atoms with Crippen LogP contribution in [0.15, 0.2) is 16.9 Å². The van der Waals surface area contributed by atoms with E-state index in [4.69, 9.17) is 10.9 Å². The Morgan fingerprint density at radius 1 is 1.53 bits per heavy atom. The number of thiazole rings is 1. The zero-order chi connectivity index (χ0) is 14.0. The summed E-state index contributed by atoms with van der Waals surface area (Å²) in [6.45, 7) is 6.89. The first kappa shape index (κ1) is 13.5. The number of nitrogens with two attached hydrogens (primary N) is 1. The number of amidine groups is 1. The van der Waals surface area contributed by atoms with Crippen LogP contribution in [0.4, 0.5) is 0 Å². The molecule has 0 amide bonds. The lowest BCUT2D eigenvalue weighted by Gasteiger charge is -2.14. The van der Waals surface area contributed by atoms with Gasteiger partial charge < -0.3 is 10.9 Å². The number of rotatable bonds is 3. The second-order valence-electron chi connectivity index (χ2n) is 5.13. The molecule has 0 aliphatic heterocycles. The van der Waals surface area contributed by atoms with E-state index in [0.717, 1.165) is 10.7 Å². The molecule has 2 aromatic heterocycles. The molecule has 0 spiro atoms. The van der Waals surface area contributed by atoms with E-state index < -0.39 is 0 Å². The Balaban J connectivity index is 2.13. The number of nitrogens with zero attached hydrogens (tertiary/aromatic N) is 5. The third kappa shape index (κ3) is 3.08. The summed E-state index contributed by atoms with van der Waals surface area (Å²) in [5.74, 6) is 0.100. The van der Waals surface area contributed by atoms with Crippen LogP contribution >= 0.6 is 11.3 Å². The minimum atomic E-state index is -0.103. The van der Waals surface area contributed by atoms with Crippen molar-refractivity contribution in [2.75, 3.05) is 0 Å². The summed E-state index contributed by atoms with van der Waals surface area (Å²) in [7, 11) is 0. The highest BCUT2D eigenvalue weighted by atomic mass is 32.1. The number of hydrogen-bond acceptors (Lipinski definition) is 6. The van der Waals surface area contributed by atoms with Gasteiger partial charge in [0, 0.05) is 10.8 Å². The van der Waals surface area contributed by atoms with Crippen molar-refractivity contribution in [3.05, 3.63) is 28.2 Å². The first-order chi connectivity index (χ1) is 8.90. The summed E-state index contributed by atoms with van der Waals surface area (Å²) in [4.78, 5) is 8.52. The fraction of sp³-hybridized carbons (Fsp3) is 0.455. The molecule has 3 N–H and O–H groups in total. The molecule has 0 fully saturated rings. The summed E-state index contributed by atoms with van der Waals surface area (Å²) >= 11 is 1.58. The molecule has 2 aromatic rings. The Morgan fingerprint density at radius 2 is 2.26 bits per heavy atom. The maximum Gasteiger partial charge on any atom is 0.219 e. The average Bonchev–Trinajstić information content (AvgIpc) is 2.97. The predicted octanol–water partition coefficient (Wildman–Crippen LogP) is 1.17. The normalized spacial score (nSPS) is 12.9. The summed E-state index contributed by atoms with van der Waals surface area (Å²) in [6, 6.07) is 0. The van der Waals surface area contributed by atoms with Crippen LogP contribution in [0.25, 0.3) is 0 Å². The minimum Gasteiger partial charge on any atom is -0.409 e. The van der Waals surface area contributed by atoms with Crippen LogP contribution in [0.5, 0.6) is 0 Å². The number of oxime groups is 1. The van der Waals surface area contributed by atoms with Gasteiger partial charge in [-0.15, -0.1) is 16.4 Å². The molecule has 2 heterocycles. The van der Waals surface area contributed by atoms with Crippen LogP contribution in [0, 0.1) is 0 Å². The molecule has 0 bridgehead atoms. The van der Waals surface area contributed by atoms with Crippen molar-refractivity contribution in [2.45, 2.75) is 32.7 Å². The van der Waals surface area contributed by atoms with Crippen molar-refractivity contribution in [1.82, 2.24) is 19.7 Å². The van der Waals surface area contributed by atoms with Gasteiger partial charge in [0.25, 0.3) is 0 Å². The van der Waals surface area contributed by atoms with E-state index in [1.807, 2.05) is 0 Å². The first-order valence-electron chi connectivity index (χ1n) is 5.72. The van der Waals surface area contributed by atoms with Crippen molar-refractivity contribution in [3.8, 4) is 0 Å². The molecule has 0 aromatic carbocycles. The molecule has 2 rings (SSSR count). The van der Waals surface area contributed by atoms with E-state index >= 15 is 0 Å². The van der Waals surface area contributed by atoms with Crippen molar-refractivity contribution in [2.24, 2.45) is 10.9 Å². The predicted molar refractivity (Wildman–Crippen MR) is 72.4 cm³/mol.